The predicted octanol–water partition coefficient (Wildman–Crippen LogP) is 3.42. The molecule has 0 unspecified atom stereocenters. The average molecular weight is 438 g/mol. The highest BCUT2D eigenvalue weighted by Crippen LogP contribution is 2.11. The number of amides is 2. The Hall–Kier alpha value is -3.38. The molecule has 1 aromatic heterocycles. The van der Waals surface area contributed by atoms with E-state index in [9.17, 15) is 14.4 Å². The van der Waals surface area contributed by atoms with Crippen LogP contribution in [-0.2, 0) is 19.5 Å². The minimum atomic E-state index is -0.595. The lowest BCUT2D eigenvalue weighted by Gasteiger charge is -2.12. The van der Waals surface area contributed by atoms with E-state index in [2.05, 4.69) is 22.8 Å². The van der Waals surface area contributed by atoms with E-state index < -0.39 is 17.2 Å². The van der Waals surface area contributed by atoms with E-state index in [1.54, 1.807) is 22.8 Å². The van der Waals surface area contributed by atoms with Gasteiger partial charge >= 0.3 is 0 Å². The highest BCUT2D eigenvalue weighted by atomic mass is 35.5. The van der Waals surface area contributed by atoms with Crippen molar-refractivity contribution in [3.05, 3.63) is 104 Å². The van der Waals surface area contributed by atoms with Gasteiger partial charge in [-0.2, -0.15) is 0 Å². The van der Waals surface area contributed by atoms with Crippen LogP contribution in [0, 0.1) is 0 Å². The summed E-state index contributed by atoms with van der Waals surface area (Å²) in [5, 5.41) is 5.76. The van der Waals surface area contributed by atoms with Crippen molar-refractivity contribution in [3.63, 3.8) is 0 Å². The highest BCUT2D eigenvalue weighted by Gasteiger charge is 2.18. The van der Waals surface area contributed by atoms with Gasteiger partial charge in [0.2, 0.25) is 5.43 Å². The number of pyridine rings is 1. The molecule has 6 nitrogen and oxygen atoms in total. The molecule has 1 heterocycles. The molecule has 2 amide bonds. The second-order valence-electron chi connectivity index (χ2n) is 7.13. The van der Waals surface area contributed by atoms with Gasteiger partial charge < -0.3 is 15.2 Å². The fraction of sp³-hybridized carbons (Fsp3) is 0.208. The number of nitrogens with one attached hydrogen (secondary N) is 2. The molecule has 0 saturated carbocycles. The summed E-state index contributed by atoms with van der Waals surface area (Å²) in [6.07, 6.45) is 4.65. The molecule has 0 radical (unpaired) electrons. The summed E-state index contributed by atoms with van der Waals surface area (Å²) < 4.78 is 1.73. The molecule has 0 bridgehead atoms. The molecule has 0 spiro atoms. The number of rotatable bonds is 8. The van der Waals surface area contributed by atoms with Gasteiger partial charge in [-0.15, -0.1) is 0 Å². The van der Waals surface area contributed by atoms with Crippen LogP contribution in [0.2, 0.25) is 5.02 Å². The van der Waals surface area contributed by atoms with Crippen molar-refractivity contribution in [2.24, 2.45) is 0 Å². The summed E-state index contributed by atoms with van der Waals surface area (Å²) in [7, 11) is 1.45. The number of benzene rings is 2. The SMILES string of the molecule is CNC(=O)c1cn(CCCc2ccccc2)cc(C(=O)NCc2cccc(Cl)c2)c1=O. The molecule has 0 saturated heterocycles. The van der Waals surface area contributed by atoms with Crippen molar-refractivity contribution in [3.8, 4) is 0 Å². The Morgan fingerprint density at radius 2 is 1.61 bits per heavy atom. The summed E-state index contributed by atoms with van der Waals surface area (Å²) in [5.74, 6) is -1.06. The molecule has 2 aromatic carbocycles. The maximum absolute atomic E-state index is 12.8. The molecule has 2 N–H and O–H groups in total. The zero-order valence-corrected chi connectivity index (χ0v) is 18.0. The lowest BCUT2D eigenvalue weighted by molar-refractivity contribution is 0.0949. The van der Waals surface area contributed by atoms with E-state index in [1.165, 1.54) is 25.0 Å². The van der Waals surface area contributed by atoms with Crippen LogP contribution >= 0.6 is 11.6 Å². The number of halogens is 1. The smallest absolute Gasteiger partial charge is 0.257 e. The van der Waals surface area contributed by atoms with Crippen molar-refractivity contribution in [1.29, 1.82) is 0 Å². The fourth-order valence-electron chi connectivity index (χ4n) is 3.25. The van der Waals surface area contributed by atoms with Crippen LogP contribution in [0.15, 0.2) is 71.8 Å². The monoisotopic (exact) mass is 437 g/mol. The van der Waals surface area contributed by atoms with Crippen molar-refractivity contribution < 1.29 is 9.59 Å². The maximum Gasteiger partial charge on any atom is 0.257 e. The van der Waals surface area contributed by atoms with Crippen LogP contribution in [0.4, 0.5) is 0 Å². The first-order valence-electron chi connectivity index (χ1n) is 10.0. The third-order valence-electron chi connectivity index (χ3n) is 4.86. The normalized spacial score (nSPS) is 10.5. The average Bonchev–Trinajstić information content (AvgIpc) is 2.78. The van der Waals surface area contributed by atoms with Gasteiger partial charge in [0.15, 0.2) is 0 Å². The van der Waals surface area contributed by atoms with Crippen LogP contribution in [-0.4, -0.2) is 23.4 Å². The number of aromatic nitrogens is 1. The zero-order chi connectivity index (χ0) is 22.2. The Balaban J connectivity index is 1.78. The van der Waals surface area contributed by atoms with Crippen molar-refractivity contribution in [1.82, 2.24) is 15.2 Å². The molecule has 160 valence electrons. The molecule has 0 aliphatic carbocycles. The van der Waals surface area contributed by atoms with Crippen LogP contribution in [0.3, 0.4) is 0 Å². The van der Waals surface area contributed by atoms with Gasteiger partial charge in [0.05, 0.1) is 0 Å². The van der Waals surface area contributed by atoms with Gasteiger partial charge in [-0.25, -0.2) is 0 Å². The van der Waals surface area contributed by atoms with Crippen LogP contribution < -0.4 is 16.1 Å². The lowest BCUT2D eigenvalue weighted by atomic mass is 10.1. The first-order chi connectivity index (χ1) is 15.0. The summed E-state index contributed by atoms with van der Waals surface area (Å²) in [5.41, 5.74) is 1.30. The minimum Gasteiger partial charge on any atom is -0.355 e. The molecule has 3 rings (SSSR count). The van der Waals surface area contributed by atoms with Gasteiger partial charge in [-0.3, -0.25) is 14.4 Å². The Morgan fingerprint density at radius 3 is 2.29 bits per heavy atom. The minimum absolute atomic E-state index is 0.0578. The quantitative estimate of drug-likeness (QED) is 0.566. The standard InChI is InChI=1S/C24H24ClN3O3/c1-26-23(30)20-15-28(12-6-10-17-7-3-2-4-8-17)16-21(22(20)29)24(31)27-14-18-9-5-11-19(25)13-18/h2-5,7-9,11,13,15-16H,6,10,12,14H2,1H3,(H,26,30)(H,27,31). The number of nitrogens with zero attached hydrogens (tertiary/aromatic N) is 1. The maximum atomic E-state index is 12.8. The highest BCUT2D eigenvalue weighted by molar-refractivity contribution is 6.30. The molecule has 0 atom stereocenters. The number of hydrogen-bond donors (Lipinski definition) is 2. The van der Waals surface area contributed by atoms with E-state index in [4.69, 9.17) is 11.6 Å². The predicted molar refractivity (Wildman–Crippen MR) is 121 cm³/mol. The van der Waals surface area contributed by atoms with Crippen molar-refractivity contribution in [2.75, 3.05) is 7.05 Å². The molecular formula is C24H24ClN3O3. The first-order valence-corrected chi connectivity index (χ1v) is 10.4. The summed E-state index contributed by atoms with van der Waals surface area (Å²) >= 11 is 5.98. The second-order valence-corrected chi connectivity index (χ2v) is 7.57. The van der Waals surface area contributed by atoms with E-state index >= 15 is 0 Å². The van der Waals surface area contributed by atoms with E-state index in [-0.39, 0.29) is 17.7 Å². The summed E-state index contributed by atoms with van der Waals surface area (Å²) in [4.78, 5) is 37.7. The largest absolute Gasteiger partial charge is 0.355 e. The van der Waals surface area contributed by atoms with Crippen LogP contribution in [0.1, 0.15) is 38.3 Å². The Labute approximate surface area is 185 Å². The topological polar surface area (TPSA) is 80.2 Å². The molecule has 0 fully saturated rings. The number of hydrogen-bond acceptors (Lipinski definition) is 3. The molecule has 0 aliphatic rings. The van der Waals surface area contributed by atoms with Gasteiger partial charge in [-0.1, -0.05) is 54.1 Å². The Kier molecular flexibility index (Phi) is 7.62. The van der Waals surface area contributed by atoms with Crippen molar-refractivity contribution >= 4 is 23.4 Å². The van der Waals surface area contributed by atoms with Gasteiger partial charge in [-0.05, 0) is 36.1 Å². The molecular weight excluding hydrogens is 414 g/mol. The van der Waals surface area contributed by atoms with Crippen LogP contribution in [0.5, 0.6) is 0 Å². The lowest BCUT2D eigenvalue weighted by Crippen LogP contribution is -2.34. The zero-order valence-electron chi connectivity index (χ0n) is 17.2. The van der Waals surface area contributed by atoms with E-state index in [0.717, 1.165) is 18.4 Å². The first kappa shape index (κ1) is 22.3. The number of carbonyl (C=O) groups is 2. The van der Waals surface area contributed by atoms with Crippen LogP contribution in [0.25, 0.3) is 0 Å². The molecule has 0 aliphatic heterocycles. The number of aryl methyl sites for hydroxylation is 2. The Morgan fingerprint density at radius 1 is 0.935 bits per heavy atom. The molecule has 7 heteroatoms. The molecule has 31 heavy (non-hydrogen) atoms. The molecule has 3 aromatic rings. The fourth-order valence-corrected chi connectivity index (χ4v) is 3.47. The second kappa shape index (κ2) is 10.6. The Bertz CT molecular complexity index is 1130. The summed E-state index contributed by atoms with van der Waals surface area (Å²) in [6.45, 7) is 0.783. The van der Waals surface area contributed by atoms with Gasteiger partial charge in [0.25, 0.3) is 11.8 Å². The van der Waals surface area contributed by atoms with Gasteiger partial charge in [0, 0.05) is 37.6 Å². The summed E-state index contributed by atoms with van der Waals surface area (Å²) in [6, 6.07) is 17.1. The van der Waals surface area contributed by atoms with Gasteiger partial charge in [0.1, 0.15) is 11.1 Å². The van der Waals surface area contributed by atoms with E-state index in [1.807, 2.05) is 24.3 Å². The third kappa shape index (κ3) is 6.06. The van der Waals surface area contributed by atoms with E-state index in [0.29, 0.717) is 11.6 Å². The number of carbonyl (C=O) groups excluding carboxylic acids is 2. The third-order valence-corrected chi connectivity index (χ3v) is 5.10. The van der Waals surface area contributed by atoms with Crippen molar-refractivity contribution in [2.45, 2.75) is 25.9 Å².